The number of rotatable bonds is 2. The molecule has 0 saturated heterocycles. The molecule has 0 aromatic carbocycles. The summed E-state index contributed by atoms with van der Waals surface area (Å²) in [6, 6.07) is 0.686. The molecule has 0 aliphatic heterocycles. The first-order chi connectivity index (χ1) is 5.96. The van der Waals surface area contributed by atoms with E-state index in [0.717, 1.165) is 11.8 Å². The topological polar surface area (TPSA) is 12.0 Å². The van der Waals surface area contributed by atoms with Crippen LogP contribution >= 0.6 is 0 Å². The summed E-state index contributed by atoms with van der Waals surface area (Å²) < 4.78 is 0. The van der Waals surface area contributed by atoms with E-state index in [2.05, 4.69) is 40.1 Å². The zero-order valence-electron chi connectivity index (χ0n) is 9.85. The van der Waals surface area contributed by atoms with Gasteiger partial charge in [0.15, 0.2) is 0 Å². The molecule has 0 aromatic heterocycles. The van der Waals surface area contributed by atoms with Crippen LogP contribution in [-0.2, 0) is 0 Å². The Labute approximate surface area is 83.3 Å². The normalized spacial score (nSPS) is 35.8. The maximum absolute atomic E-state index is 3.39. The molecule has 1 aliphatic carbocycles. The molecule has 0 heterocycles. The van der Waals surface area contributed by atoms with Crippen LogP contribution in [0, 0.1) is 17.3 Å². The lowest BCUT2D eigenvalue weighted by atomic mass is 9.66. The summed E-state index contributed by atoms with van der Waals surface area (Å²) in [5.41, 5.74) is 0.587. The number of nitrogens with one attached hydrogen (secondary N) is 1. The number of hydrogen-bond donors (Lipinski definition) is 1. The van der Waals surface area contributed by atoms with Gasteiger partial charge in [0.05, 0.1) is 0 Å². The zero-order valence-corrected chi connectivity index (χ0v) is 9.85. The zero-order chi connectivity index (χ0) is 10.1. The van der Waals surface area contributed by atoms with Crippen molar-refractivity contribution in [3.63, 3.8) is 0 Å². The Morgan fingerprint density at radius 1 is 1.38 bits per heavy atom. The van der Waals surface area contributed by atoms with Crippen LogP contribution < -0.4 is 5.32 Å². The molecule has 1 N–H and O–H groups in total. The van der Waals surface area contributed by atoms with Crippen LogP contribution in [-0.4, -0.2) is 13.1 Å². The molecule has 0 amide bonds. The largest absolute Gasteiger partial charge is 0.317 e. The highest BCUT2D eigenvalue weighted by Gasteiger charge is 2.34. The molecule has 1 fully saturated rings. The van der Waals surface area contributed by atoms with Gasteiger partial charge in [-0.05, 0) is 50.5 Å². The molecular weight excluding hydrogens is 158 g/mol. The fraction of sp³-hybridized carbons (Fsp3) is 1.00. The highest BCUT2D eigenvalue weighted by Crippen LogP contribution is 2.42. The quantitative estimate of drug-likeness (QED) is 0.694. The third-order valence-corrected chi connectivity index (χ3v) is 3.86. The Morgan fingerprint density at radius 3 is 2.46 bits per heavy atom. The van der Waals surface area contributed by atoms with Crippen LogP contribution in [0.2, 0.25) is 0 Å². The molecule has 1 saturated carbocycles. The minimum absolute atomic E-state index is 0.587. The van der Waals surface area contributed by atoms with Gasteiger partial charge in [-0.2, -0.15) is 0 Å². The highest BCUT2D eigenvalue weighted by molar-refractivity contribution is 4.86. The van der Waals surface area contributed by atoms with Crippen LogP contribution in [0.5, 0.6) is 0 Å². The third kappa shape index (κ3) is 2.70. The van der Waals surface area contributed by atoms with Gasteiger partial charge >= 0.3 is 0 Å². The molecule has 0 aromatic rings. The molecule has 1 nitrogen and oxygen atoms in total. The molecule has 3 unspecified atom stereocenters. The maximum Gasteiger partial charge on any atom is 0.00665 e. The lowest BCUT2D eigenvalue weighted by Crippen LogP contribution is -2.39. The van der Waals surface area contributed by atoms with E-state index in [9.17, 15) is 0 Å². The lowest BCUT2D eigenvalue weighted by Gasteiger charge is -2.41. The monoisotopic (exact) mass is 183 g/mol. The molecule has 13 heavy (non-hydrogen) atoms. The predicted molar refractivity (Wildman–Crippen MR) is 58.8 cm³/mol. The second-order valence-corrected chi connectivity index (χ2v) is 5.63. The molecule has 1 rings (SSSR count). The first-order valence-electron chi connectivity index (χ1n) is 5.63. The van der Waals surface area contributed by atoms with E-state index in [4.69, 9.17) is 0 Å². The van der Waals surface area contributed by atoms with Crippen LogP contribution in [0.3, 0.4) is 0 Å². The van der Waals surface area contributed by atoms with Crippen molar-refractivity contribution in [1.29, 1.82) is 0 Å². The van der Waals surface area contributed by atoms with Crippen LogP contribution in [0.1, 0.15) is 47.0 Å². The van der Waals surface area contributed by atoms with E-state index in [1.165, 1.54) is 19.3 Å². The SMILES string of the molecule is CNC(C)C1CCC(C)(C)CC1C. The van der Waals surface area contributed by atoms with Crippen LogP contribution in [0.25, 0.3) is 0 Å². The van der Waals surface area contributed by atoms with Crippen molar-refractivity contribution in [3.8, 4) is 0 Å². The Balaban J connectivity index is 2.53. The van der Waals surface area contributed by atoms with Crippen molar-refractivity contribution < 1.29 is 0 Å². The first-order valence-corrected chi connectivity index (χ1v) is 5.63. The molecule has 0 bridgehead atoms. The molecule has 0 spiro atoms. The fourth-order valence-electron chi connectivity index (χ4n) is 2.92. The van der Waals surface area contributed by atoms with Crippen molar-refractivity contribution in [2.75, 3.05) is 7.05 Å². The van der Waals surface area contributed by atoms with Crippen LogP contribution in [0.15, 0.2) is 0 Å². The molecule has 1 heteroatoms. The minimum Gasteiger partial charge on any atom is -0.317 e. The van der Waals surface area contributed by atoms with Crippen LogP contribution in [0.4, 0.5) is 0 Å². The average Bonchev–Trinajstić information content (AvgIpc) is 2.01. The maximum atomic E-state index is 3.39. The molecular formula is C12H25N. The van der Waals surface area contributed by atoms with Gasteiger partial charge in [-0.25, -0.2) is 0 Å². The molecule has 0 radical (unpaired) electrons. The first kappa shape index (κ1) is 11.0. The van der Waals surface area contributed by atoms with Crippen molar-refractivity contribution in [1.82, 2.24) is 5.32 Å². The van der Waals surface area contributed by atoms with Gasteiger partial charge in [0.25, 0.3) is 0 Å². The molecule has 1 aliphatic rings. The van der Waals surface area contributed by atoms with Crippen molar-refractivity contribution >= 4 is 0 Å². The standard InChI is InChI=1S/C12H25N/c1-9-8-12(3,4)7-6-11(9)10(2)13-5/h9-11,13H,6-8H2,1-5H3. The lowest BCUT2D eigenvalue weighted by molar-refractivity contribution is 0.108. The van der Waals surface area contributed by atoms with Gasteiger partial charge in [-0.1, -0.05) is 20.8 Å². The highest BCUT2D eigenvalue weighted by atomic mass is 14.9. The van der Waals surface area contributed by atoms with Gasteiger partial charge in [0.2, 0.25) is 0 Å². The smallest absolute Gasteiger partial charge is 0.00665 e. The van der Waals surface area contributed by atoms with Crippen molar-refractivity contribution in [3.05, 3.63) is 0 Å². The van der Waals surface area contributed by atoms with E-state index in [-0.39, 0.29) is 0 Å². The van der Waals surface area contributed by atoms with Gasteiger partial charge < -0.3 is 5.32 Å². The summed E-state index contributed by atoms with van der Waals surface area (Å²) in [6.45, 7) is 9.55. The Hall–Kier alpha value is -0.0400. The Kier molecular flexibility index (Phi) is 3.39. The molecule has 3 atom stereocenters. The van der Waals surface area contributed by atoms with E-state index in [1.54, 1.807) is 0 Å². The van der Waals surface area contributed by atoms with Gasteiger partial charge in [0, 0.05) is 6.04 Å². The predicted octanol–water partition coefficient (Wildman–Crippen LogP) is 3.06. The van der Waals surface area contributed by atoms with E-state index < -0.39 is 0 Å². The minimum atomic E-state index is 0.587. The van der Waals surface area contributed by atoms with E-state index in [1.807, 2.05) is 0 Å². The van der Waals surface area contributed by atoms with Crippen molar-refractivity contribution in [2.24, 2.45) is 17.3 Å². The summed E-state index contributed by atoms with van der Waals surface area (Å²) in [5.74, 6) is 1.77. The second-order valence-electron chi connectivity index (χ2n) is 5.63. The fourth-order valence-corrected chi connectivity index (χ4v) is 2.92. The summed E-state index contributed by atoms with van der Waals surface area (Å²) in [6.07, 6.45) is 4.19. The van der Waals surface area contributed by atoms with E-state index >= 15 is 0 Å². The Bertz CT molecular complexity index is 163. The molecule has 78 valence electrons. The average molecular weight is 183 g/mol. The Morgan fingerprint density at radius 2 is 2.00 bits per heavy atom. The summed E-state index contributed by atoms with van der Waals surface area (Å²) in [4.78, 5) is 0. The van der Waals surface area contributed by atoms with Gasteiger partial charge in [-0.15, -0.1) is 0 Å². The van der Waals surface area contributed by atoms with Gasteiger partial charge in [0.1, 0.15) is 0 Å². The second kappa shape index (κ2) is 4.00. The van der Waals surface area contributed by atoms with Crippen molar-refractivity contribution in [2.45, 2.75) is 53.0 Å². The van der Waals surface area contributed by atoms with Gasteiger partial charge in [-0.3, -0.25) is 0 Å². The number of hydrogen-bond acceptors (Lipinski definition) is 1. The van der Waals surface area contributed by atoms with E-state index in [0.29, 0.717) is 11.5 Å². The third-order valence-electron chi connectivity index (χ3n) is 3.86. The summed E-state index contributed by atoms with van der Waals surface area (Å²) >= 11 is 0. The summed E-state index contributed by atoms with van der Waals surface area (Å²) in [7, 11) is 2.08. The summed E-state index contributed by atoms with van der Waals surface area (Å²) in [5, 5.41) is 3.39.